The highest BCUT2D eigenvalue weighted by atomic mass is 16.5. The van der Waals surface area contributed by atoms with Crippen molar-refractivity contribution in [1.29, 1.82) is 0 Å². The van der Waals surface area contributed by atoms with E-state index in [1.807, 2.05) is 4.90 Å². The summed E-state index contributed by atoms with van der Waals surface area (Å²) >= 11 is 0. The van der Waals surface area contributed by atoms with Gasteiger partial charge in [0.25, 0.3) is 0 Å². The van der Waals surface area contributed by atoms with Gasteiger partial charge < -0.3 is 25.2 Å². The molecule has 1 aliphatic heterocycles. The number of unbranched alkanes of at least 4 members (excludes halogenated alkanes) is 2. The first kappa shape index (κ1) is 21.0. The van der Waals surface area contributed by atoms with Crippen LogP contribution < -0.4 is 0 Å². The first-order valence-corrected chi connectivity index (χ1v) is 11.5. The summed E-state index contributed by atoms with van der Waals surface area (Å²) in [7, 11) is 0. The van der Waals surface area contributed by atoms with Gasteiger partial charge in [-0.05, 0) is 87.5 Å². The van der Waals surface area contributed by atoms with E-state index in [9.17, 15) is 20.4 Å². The Balaban J connectivity index is 1.11. The molecule has 28 heavy (non-hydrogen) atoms. The molecule has 0 aromatic carbocycles. The number of ether oxygens (including phenoxy) is 1. The molecule has 6 nitrogen and oxygen atoms in total. The summed E-state index contributed by atoms with van der Waals surface area (Å²) in [6, 6.07) is -0.495. The summed E-state index contributed by atoms with van der Waals surface area (Å²) in [5.74, 6) is 2.93. The third kappa shape index (κ3) is 4.42. The minimum Gasteiger partial charge on any atom is -0.395 e. The highest BCUT2D eigenvalue weighted by molar-refractivity contribution is 5.01. The van der Waals surface area contributed by atoms with Gasteiger partial charge in [0.15, 0.2) is 0 Å². The Morgan fingerprint density at radius 3 is 2.11 bits per heavy atom. The Hall–Kier alpha value is -0.240. The van der Waals surface area contributed by atoms with Crippen molar-refractivity contribution in [2.24, 2.45) is 23.2 Å². The van der Waals surface area contributed by atoms with Gasteiger partial charge in [0.2, 0.25) is 0 Å². The normalized spacial score (nSPS) is 45.6. The summed E-state index contributed by atoms with van der Waals surface area (Å²) in [5.41, 5.74) is 0.490. The lowest BCUT2D eigenvalue weighted by Gasteiger charge is -2.56. The van der Waals surface area contributed by atoms with Crippen molar-refractivity contribution in [2.75, 3.05) is 32.9 Å². The Bertz CT molecular complexity index is 480. The summed E-state index contributed by atoms with van der Waals surface area (Å²) in [5, 5.41) is 39.2. The highest BCUT2D eigenvalue weighted by Gasteiger charge is 2.50. The molecule has 5 fully saturated rings. The third-order valence-electron chi connectivity index (χ3n) is 8.02. The van der Waals surface area contributed by atoms with Crippen LogP contribution in [0.5, 0.6) is 0 Å². The van der Waals surface area contributed by atoms with Crippen LogP contribution >= 0.6 is 0 Å². The van der Waals surface area contributed by atoms with E-state index in [-0.39, 0.29) is 6.61 Å². The predicted molar refractivity (Wildman–Crippen MR) is 106 cm³/mol. The van der Waals surface area contributed by atoms with Crippen LogP contribution in [0, 0.1) is 23.2 Å². The zero-order valence-corrected chi connectivity index (χ0v) is 17.1. The number of aliphatic hydroxyl groups excluding tert-OH is 4. The van der Waals surface area contributed by atoms with Crippen LogP contribution in [0.3, 0.4) is 0 Å². The van der Waals surface area contributed by atoms with Crippen LogP contribution in [-0.4, -0.2) is 82.6 Å². The van der Waals surface area contributed by atoms with Gasteiger partial charge >= 0.3 is 0 Å². The molecular weight excluding hydrogens is 358 g/mol. The molecular formula is C22H39NO5. The van der Waals surface area contributed by atoms with E-state index in [0.29, 0.717) is 18.5 Å². The SMILES string of the molecule is OCC1[C@@H](O)C(O)[C@@H](O)CN1CCCCCOCC12CC3CC(CC(C3)C1)C2. The zero-order chi connectivity index (χ0) is 19.7. The van der Waals surface area contributed by atoms with Crippen molar-refractivity contribution in [1.82, 2.24) is 4.90 Å². The second kappa shape index (κ2) is 8.86. The quantitative estimate of drug-likeness (QED) is 0.436. The molecule has 0 aromatic rings. The molecule has 4 atom stereocenters. The molecule has 162 valence electrons. The van der Waals surface area contributed by atoms with Gasteiger partial charge in [-0.3, -0.25) is 4.90 Å². The molecule has 4 saturated carbocycles. The fourth-order valence-corrected chi connectivity index (χ4v) is 7.09. The predicted octanol–water partition coefficient (Wildman–Crippen LogP) is 1.15. The molecule has 1 heterocycles. The molecule has 0 amide bonds. The van der Waals surface area contributed by atoms with E-state index < -0.39 is 24.4 Å². The lowest BCUT2D eigenvalue weighted by atomic mass is 9.50. The van der Waals surface area contributed by atoms with E-state index in [1.165, 1.54) is 38.5 Å². The van der Waals surface area contributed by atoms with Crippen LogP contribution in [0.4, 0.5) is 0 Å². The number of hydrogen-bond acceptors (Lipinski definition) is 6. The summed E-state index contributed by atoms with van der Waals surface area (Å²) in [6.45, 7) is 2.56. The standard InChI is InChI=1S/C22H39NO5/c24-13-18-20(26)21(27)19(25)12-23(18)4-2-1-3-5-28-14-22-9-15-6-16(10-22)8-17(7-15)11-22/h15-21,24-27H,1-14H2/t15?,16?,17?,18?,19-,20+,21?,22?/m0/s1. The average molecular weight is 398 g/mol. The van der Waals surface area contributed by atoms with Gasteiger partial charge in [0.05, 0.1) is 25.4 Å². The topological polar surface area (TPSA) is 93.4 Å². The second-order valence-corrected chi connectivity index (χ2v) is 10.3. The van der Waals surface area contributed by atoms with Gasteiger partial charge in [-0.2, -0.15) is 0 Å². The summed E-state index contributed by atoms with van der Waals surface area (Å²) in [4.78, 5) is 1.90. The molecule has 0 spiro atoms. The molecule has 5 aliphatic rings. The van der Waals surface area contributed by atoms with Crippen molar-refractivity contribution < 1.29 is 25.2 Å². The fraction of sp³-hybridized carbons (Fsp3) is 1.00. The molecule has 5 rings (SSSR count). The van der Waals surface area contributed by atoms with Gasteiger partial charge in [-0.15, -0.1) is 0 Å². The minimum atomic E-state index is -1.17. The zero-order valence-electron chi connectivity index (χ0n) is 17.1. The molecule has 1 saturated heterocycles. The Labute approximate surface area is 168 Å². The molecule has 6 heteroatoms. The van der Waals surface area contributed by atoms with E-state index in [1.54, 1.807) is 0 Å². The molecule has 4 bridgehead atoms. The number of β-amino-alcohol motifs (C(OH)–C–C–N with tert-alkyl or cyclic N) is 1. The van der Waals surface area contributed by atoms with Gasteiger partial charge in [0.1, 0.15) is 12.2 Å². The van der Waals surface area contributed by atoms with Crippen LogP contribution in [0.15, 0.2) is 0 Å². The molecule has 4 N–H and O–H groups in total. The maximum Gasteiger partial charge on any atom is 0.109 e. The lowest BCUT2D eigenvalue weighted by molar-refractivity contribution is -0.145. The molecule has 2 unspecified atom stereocenters. The highest BCUT2D eigenvalue weighted by Crippen LogP contribution is 2.60. The third-order valence-corrected chi connectivity index (χ3v) is 8.02. The first-order valence-electron chi connectivity index (χ1n) is 11.5. The van der Waals surface area contributed by atoms with Crippen molar-refractivity contribution in [2.45, 2.75) is 82.1 Å². The maximum atomic E-state index is 10.0. The van der Waals surface area contributed by atoms with Crippen LogP contribution in [0.2, 0.25) is 0 Å². The Morgan fingerprint density at radius 1 is 0.857 bits per heavy atom. The largest absolute Gasteiger partial charge is 0.395 e. The van der Waals surface area contributed by atoms with Crippen LogP contribution in [0.1, 0.15) is 57.8 Å². The van der Waals surface area contributed by atoms with E-state index in [2.05, 4.69) is 0 Å². The van der Waals surface area contributed by atoms with Crippen LogP contribution in [-0.2, 0) is 4.74 Å². The lowest BCUT2D eigenvalue weighted by Crippen LogP contribution is -2.62. The van der Waals surface area contributed by atoms with Crippen molar-refractivity contribution >= 4 is 0 Å². The number of nitrogens with zero attached hydrogens (tertiary/aromatic N) is 1. The average Bonchev–Trinajstić information content (AvgIpc) is 2.64. The Kier molecular flexibility index (Phi) is 6.65. The minimum absolute atomic E-state index is 0.209. The Morgan fingerprint density at radius 2 is 1.50 bits per heavy atom. The van der Waals surface area contributed by atoms with E-state index in [0.717, 1.165) is 50.2 Å². The van der Waals surface area contributed by atoms with Gasteiger partial charge in [0, 0.05) is 13.2 Å². The number of aliphatic hydroxyl groups is 4. The molecule has 0 aromatic heterocycles. The molecule has 0 radical (unpaired) electrons. The number of piperidine rings is 1. The van der Waals surface area contributed by atoms with Gasteiger partial charge in [-0.1, -0.05) is 0 Å². The smallest absolute Gasteiger partial charge is 0.109 e. The number of rotatable bonds is 9. The van der Waals surface area contributed by atoms with E-state index in [4.69, 9.17) is 4.74 Å². The monoisotopic (exact) mass is 397 g/mol. The first-order chi connectivity index (χ1) is 13.5. The second-order valence-electron chi connectivity index (χ2n) is 10.3. The van der Waals surface area contributed by atoms with E-state index >= 15 is 0 Å². The maximum absolute atomic E-state index is 10.0. The van der Waals surface area contributed by atoms with Crippen LogP contribution in [0.25, 0.3) is 0 Å². The van der Waals surface area contributed by atoms with Gasteiger partial charge in [-0.25, -0.2) is 0 Å². The summed E-state index contributed by atoms with van der Waals surface area (Å²) in [6.07, 6.45) is 8.38. The van der Waals surface area contributed by atoms with Crippen molar-refractivity contribution in [3.05, 3.63) is 0 Å². The summed E-state index contributed by atoms with van der Waals surface area (Å²) < 4.78 is 6.13. The number of likely N-dealkylation sites (tertiary alicyclic amines) is 1. The fourth-order valence-electron chi connectivity index (χ4n) is 7.09. The molecule has 4 aliphatic carbocycles. The van der Waals surface area contributed by atoms with Crippen molar-refractivity contribution in [3.63, 3.8) is 0 Å². The number of hydrogen-bond donors (Lipinski definition) is 4. The van der Waals surface area contributed by atoms with Crippen molar-refractivity contribution in [3.8, 4) is 0 Å².